The molecule has 0 radical (unpaired) electrons. The van der Waals surface area contributed by atoms with E-state index in [4.69, 9.17) is 32.0 Å². The molecule has 0 amide bonds. The third-order valence-corrected chi connectivity index (χ3v) is 7.95. The molecule has 192 valence electrons. The van der Waals surface area contributed by atoms with E-state index in [-0.39, 0.29) is 12.1 Å². The molecule has 0 spiro atoms. The van der Waals surface area contributed by atoms with Crippen LogP contribution in [0.4, 0.5) is 23.5 Å². The number of halogens is 1. The molecule has 35 heavy (non-hydrogen) atoms. The van der Waals surface area contributed by atoms with Crippen LogP contribution in [0, 0.1) is 0 Å². The lowest BCUT2D eigenvalue weighted by Gasteiger charge is -2.47. The fraction of sp³-hybridized carbons (Fsp3) is 0.654. The molecule has 2 fully saturated rings. The van der Waals surface area contributed by atoms with Gasteiger partial charge in [0.1, 0.15) is 5.75 Å². The molecule has 1 aromatic carbocycles. The molecule has 8 nitrogen and oxygen atoms in total. The Labute approximate surface area is 214 Å². The molecule has 1 atom stereocenters. The highest BCUT2D eigenvalue weighted by molar-refractivity contribution is 6.32. The Morgan fingerprint density at radius 3 is 2.31 bits per heavy atom. The van der Waals surface area contributed by atoms with Crippen LogP contribution < -0.4 is 20.3 Å². The molecule has 1 aliphatic carbocycles. The number of piperidine rings is 1. The number of quaternary nitrogens is 1. The van der Waals surface area contributed by atoms with Crippen LogP contribution in [0.3, 0.4) is 0 Å². The number of nitrogens with two attached hydrogens (primary N) is 1. The Kier molecular flexibility index (Phi) is 8.34. The van der Waals surface area contributed by atoms with Gasteiger partial charge in [0, 0.05) is 31.6 Å². The summed E-state index contributed by atoms with van der Waals surface area (Å²) in [4.78, 5) is 16.5. The maximum Gasteiger partial charge on any atom is 0.335 e. The zero-order valence-electron chi connectivity index (χ0n) is 21.6. The minimum atomic E-state index is 0.0520. The summed E-state index contributed by atoms with van der Waals surface area (Å²) in [6, 6.07) is 6.56. The number of likely N-dealkylation sites (tertiary alicyclic amines) is 1. The summed E-state index contributed by atoms with van der Waals surface area (Å²) in [5.74, 6) is 2.12. The molecule has 2 aliphatic rings. The van der Waals surface area contributed by atoms with Crippen molar-refractivity contribution in [3.05, 3.63) is 23.2 Å². The van der Waals surface area contributed by atoms with E-state index < -0.39 is 0 Å². The van der Waals surface area contributed by atoms with Gasteiger partial charge in [0.2, 0.25) is 11.9 Å². The van der Waals surface area contributed by atoms with E-state index >= 15 is 0 Å². The van der Waals surface area contributed by atoms with Crippen molar-refractivity contribution >= 4 is 35.1 Å². The number of nitrogens with zero attached hydrogens (tertiary/aromatic N) is 5. The lowest BCUT2D eigenvalue weighted by atomic mass is 9.95. The molecule has 1 unspecified atom stereocenters. The summed E-state index contributed by atoms with van der Waals surface area (Å²) in [6.07, 6.45) is 9.86. The molecule has 1 saturated carbocycles. The highest BCUT2D eigenvalue weighted by Gasteiger charge is 2.46. The molecule has 2 aromatic rings. The Hall–Kier alpha value is -2.16. The summed E-state index contributed by atoms with van der Waals surface area (Å²) in [5, 5.41) is 3.84. The molecular formula is C26H41ClN7O+. The van der Waals surface area contributed by atoms with E-state index in [1.165, 1.54) is 38.5 Å². The van der Waals surface area contributed by atoms with Crippen molar-refractivity contribution in [3.8, 4) is 5.75 Å². The van der Waals surface area contributed by atoms with E-state index in [0.717, 1.165) is 42.0 Å². The minimum Gasteiger partial charge on any atom is -0.489 e. The second kappa shape index (κ2) is 11.3. The van der Waals surface area contributed by atoms with E-state index in [0.29, 0.717) is 28.8 Å². The maximum atomic E-state index is 6.46. The van der Waals surface area contributed by atoms with E-state index in [9.17, 15) is 0 Å². The van der Waals surface area contributed by atoms with E-state index in [1.54, 1.807) is 0 Å². The van der Waals surface area contributed by atoms with Crippen molar-refractivity contribution in [3.63, 3.8) is 0 Å². The number of nitrogens with one attached hydrogen (secondary N) is 1. The van der Waals surface area contributed by atoms with E-state index in [1.807, 2.05) is 32.0 Å². The molecule has 0 bridgehead atoms. The quantitative estimate of drug-likeness (QED) is 0.387. The number of rotatable bonds is 7. The van der Waals surface area contributed by atoms with Gasteiger partial charge in [-0.3, -0.25) is 4.48 Å². The molecule has 4 rings (SSSR count). The van der Waals surface area contributed by atoms with Gasteiger partial charge in [-0.2, -0.15) is 4.98 Å². The minimum absolute atomic E-state index is 0.0520. The summed E-state index contributed by atoms with van der Waals surface area (Å²) in [6.45, 7) is 6.15. The monoisotopic (exact) mass is 502 g/mol. The standard InChI is InChI=1S/C26H41ClN7O/c1-18(2)35-23-12-11-19(17-22(23)27)29-25-30-24(28)31-26(32-25)34(4,20-9-7-5-6-8-10-20)21-13-15-33(3)16-14-21/h11-12,17-18,20-21H,5-10,13-16H2,1-4H3,(H3,28,29,30,31,32)/q+1. The van der Waals surface area contributed by atoms with Crippen LogP contribution in [0.2, 0.25) is 5.02 Å². The van der Waals surface area contributed by atoms with Gasteiger partial charge in [0.15, 0.2) is 0 Å². The normalized spacial score (nSPS) is 20.4. The molecule has 3 N–H and O–H groups in total. The van der Waals surface area contributed by atoms with Gasteiger partial charge in [-0.25, -0.2) is 0 Å². The first-order valence-electron chi connectivity index (χ1n) is 13.1. The Morgan fingerprint density at radius 1 is 1.03 bits per heavy atom. The molecule has 1 saturated heterocycles. The van der Waals surface area contributed by atoms with Gasteiger partial charge >= 0.3 is 5.95 Å². The number of anilines is 3. The zero-order valence-corrected chi connectivity index (χ0v) is 22.4. The Balaban J connectivity index is 1.66. The van der Waals surface area contributed by atoms with Crippen molar-refractivity contribution in [1.82, 2.24) is 24.3 Å². The summed E-state index contributed by atoms with van der Waals surface area (Å²) < 4.78 is 6.49. The summed E-state index contributed by atoms with van der Waals surface area (Å²) in [7, 11) is 4.54. The first-order valence-corrected chi connectivity index (χ1v) is 13.4. The van der Waals surface area contributed by atoms with Crippen LogP contribution in [0.5, 0.6) is 5.75 Å². The predicted molar refractivity (Wildman–Crippen MR) is 144 cm³/mol. The van der Waals surface area contributed by atoms with Crippen LogP contribution in [-0.2, 0) is 0 Å². The van der Waals surface area contributed by atoms with Crippen LogP contribution in [0.1, 0.15) is 65.2 Å². The number of aromatic nitrogens is 3. The second-order valence-corrected chi connectivity index (χ2v) is 11.0. The van der Waals surface area contributed by atoms with Gasteiger partial charge in [0.05, 0.1) is 30.3 Å². The van der Waals surface area contributed by atoms with E-state index in [2.05, 4.69) is 29.3 Å². The van der Waals surface area contributed by atoms with Gasteiger partial charge in [-0.1, -0.05) is 24.4 Å². The average Bonchev–Trinajstić information content (AvgIpc) is 3.10. The predicted octanol–water partition coefficient (Wildman–Crippen LogP) is 5.39. The molecule has 2 heterocycles. The van der Waals surface area contributed by atoms with Gasteiger partial charge in [-0.15, -0.1) is 9.97 Å². The van der Waals surface area contributed by atoms with Crippen LogP contribution in [0.15, 0.2) is 18.2 Å². The average molecular weight is 503 g/mol. The van der Waals surface area contributed by atoms with Crippen molar-refractivity contribution in [2.45, 2.75) is 83.4 Å². The van der Waals surface area contributed by atoms with Gasteiger partial charge in [0.25, 0.3) is 0 Å². The third-order valence-electron chi connectivity index (χ3n) is 7.65. The Bertz CT molecular complexity index is 988. The number of ether oxygens (including phenoxy) is 1. The van der Waals surface area contributed by atoms with Crippen molar-refractivity contribution in [2.24, 2.45) is 0 Å². The fourth-order valence-corrected chi connectivity index (χ4v) is 5.88. The van der Waals surface area contributed by atoms with Crippen molar-refractivity contribution in [2.75, 3.05) is 38.2 Å². The summed E-state index contributed by atoms with van der Waals surface area (Å²) >= 11 is 6.46. The highest BCUT2D eigenvalue weighted by Crippen LogP contribution is 2.37. The van der Waals surface area contributed by atoms with Gasteiger partial charge in [-0.05, 0) is 64.8 Å². The zero-order chi connectivity index (χ0) is 25.0. The topological polar surface area (TPSA) is 89.2 Å². The summed E-state index contributed by atoms with van der Waals surface area (Å²) in [5.41, 5.74) is 7.05. The molecule has 1 aromatic heterocycles. The third kappa shape index (κ3) is 6.16. The molecular weight excluding hydrogens is 462 g/mol. The molecule has 1 aliphatic heterocycles. The van der Waals surface area contributed by atoms with Crippen LogP contribution in [-0.4, -0.2) is 65.2 Å². The van der Waals surface area contributed by atoms with Crippen LogP contribution >= 0.6 is 11.6 Å². The van der Waals surface area contributed by atoms with Gasteiger partial charge < -0.3 is 20.7 Å². The lowest BCUT2D eigenvalue weighted by molar-refractivity contribution is 0.0961. The molecule has 9 heteroatoms. The number of hydrogen-bond donors (Lipinski definition) is 2. The lowest BCUT2D eigenvalue weighted by Crippen LogP contribution is -2.63. The maximum absolute atomic E-state index is 6.46. The first kappa shape index (κ1) is 25.9. The fourth-order valence-electron chi connectivity index (χ4n) is 5.66. The second-order valence-electron chi connectivity index (χ2n) is 10.6. The number of benzene rings is 1. The smallest absolute Gasteiger partial charge is 0.335 e. The van der Waals surface area contributed by atoms with Crippen molar-refractivity contribution in [1.29, 1.82) is 0 Å². The highest BCUT2D eigenvalue weighted by atomic mass is 35.5. The largest absolute Gasteiger partial charge is 0.489 e. The van der Waals surface area contributed by atoms with Crippen LogP contribution in [0.25, 0.3) is 0 Å². The van der Waals surface area contributed by atoms with Crippen molar-refractivity contribution < 1.29 is 4.74 Å². The number of hydrogen-bond acceptors (Lipinski definition) is 7. The Morgan fingerprint density at radius 2 is 1.69 bits per heavy atom. The first-order chi connectivity index (χ1) is 16.8. The number of nitrogen functional groups attached to an aromatic ring is 1. The SMILES string of the molecule is CC(C)Oc1ccc(Nc2nc(N)nc([N+](C)(C3CCCCCC3)C3CCN(C)CC3)n2)cc1Cl.